The van der Waals surface area contributed by atoms with Crippen LogP contribution >= 0.6 is 0 Å². The molecular formula is C21H25N3O5S. The van der Waals surface area contributed by atoms with Crippen LogP contribution in [0, 0.1) is 0 Å². The molecule has 0 radical (unpaired) electrons. The fourth-order valence-corrected chi connectivity index (χ4v) is 4.67. The van der Waals surface area contributed by atoms with Crippen LogP contribution in [0.25, 0.3) is 0 Å². The van der Waals surface area contributed by atoms with Gasteiger partial charge in [-0.3, -0.25) is 9.59 Å². The smallest absolute Gasteiger partial charge is 0.257 e. The number of hydrogen-bond acceptors (Lipinski definition) is 5. The molecule has 1 heterocycles. The Morgan fingerprint density at radius 1 is 1.07 bits per heavy atom. The van der Waals surface area contributed by atoms with Crippen molar-refractivity contribution in [2.24, 2.45) is 0 Å². The summed E-state index contributed by atoms with van der Waals surface area (Å²) < 4.78 is 32.2. The molecule has 3 rings (SSSR count). The summed E-state index contributed by atoms with van der Waals surface area (Å²) in [4.78, 5) is 24.1. The van der Waals surface area contributed by atoms with E-state index in [-0.39, 0.29) is 23.0 Å². The topological polar surface area (TPSA) is 105 Å². The molecule has 0 unspecified atom stereocenters. The highest BCUT2D eigenvalue weighted by atomic mass is 32.2. The molecule has 2 aromatic rings. The van der Waals surface area contributed by atoms with E-state index in [2.05, 4.69) is 10.6 Å². The van der Waals surface area contributed by atoms with E-state index in [1.165, 1.54) is 16.4 Å². The number of hydrogen-bond donors (Lipinski definition) is 2. The molecular weight excluding hydrogens is 406 g/mol. The largest absolute Gasteiger partial charge is 0.484 e. The average molecular weight is 432 g/mol. The second-order valence-corrected chi connectivity index (χ2v) is 8.80. The highest BCUT2D eigenvalue weighted by Crippen LogP contribution is 2.22. The van der Waals surface area contributed by atoms with Crippen molar-refractivity contribution in [3.63, 3.8) is 0 Å². The van der Waals surface area contributed by atoms with E-state index in [9.17, 15) is 18.0 Å². The van der Waals surface area contributed by atoms with E-state index >= 15 is 0 Å². The first-order valence-corrected chi connectivity index (χ1v) is 11.3. The first kappa shape index (κ1) is 21.8. The molecule has 1 aliphatic rings. The Morgan fingerprint density at radius 2 is 1.77 bits per heavy atom. The van der Waals surface area contributed by atoms with Gasteiger partial charge < -0.3 is 15.4 Å². The Bertz CT molecular complexity index is 1000. The fraction of sp³-hybridized carbons (Fsp3) is 0.333. The molecule has 0 atom stereocenters. The van der Waals surface area contributed by atoms with Gasteiger partial charge in [0.2, 0.25) is 10.0 Å². The van der Waals surface area contributed by atoms with Crippen molar-refractivity contribution >= 4 is 27.5 Å². The van der Waals surface area contributed by atoms with Crippen LogP contribution in [0.15, 0.2) is 53.4 Å². The zero-order chi connectivity index (χ0) is 21.6. The molecule has 1 fully saturated rings. The number of amides is 2. The quantitative estimate of drug-likeness (QED) is 0.667. The van der Waals surface area contributed by atoms with Crippen molar-refractivity contribution in [3.05, 3.63) is 54.1 Å². The Kier molecular flexibility index (Phi) is 7.07. The Morgan fingerprint density at radius 3 is 2.43 bits per heavy atom. The maximum absolute atomic E-state index is 12.7. The number of ether oxygens (including phenoxy) is 1. The summed E-state index contributed by atoms with van der Waals surface area (Å²) in [5, 5.41) is 5.37. The SMILES string of the molecule is CCNC(=O)COc1ccc(NC(=O)c2cccc(S(=O)(=O)N3CCCC3)c2)cc1. The van der Waals surface area contributed by atoms with Gasteiger partial charge >= 0.3 is 0 Å². The van der Waals surface area contributed by atoms with Crippen molar-refractivity contribution in [1.29, 1.82) is 0 Å². The number of nitrogens with one attached hydrogen (secondary N) is 2. The van der Waals surface area contributed by atoms with E-state index in [1.807, 2.05) is 6.92 Å². The van der Waals surface area contributed by atoms with E-state index < -0.39 is 15.9 Å². The Balaban J connectivity index is 1.64. The summed E-state index contributed by atoms with van der Waals surface area (Å²) in [6.45, 7) is 3.29. The first-order chi connectivity index (χ1) is 14.4. The number of rotatable bonds is 8. The normalized spacial score (nSPS) is 14.3. The minimum Gasteiger partial charge on any atom is -0.484 e. The van der Waals surface area contributed by atoms with Gasteiger partial charge in [0.05, 0.1) is 4.90 Å². The molecule has 9 heteroatoms. The molecule has 0 saturated carbocycles. The number of anilines is 1. The third kappa shape index (κ3) is 5.37. The molecule has 0 spiro atoms. The lowest BCUT2D eigenvalue weighted by atomic mass is 10.2. The van der Waals surface area contributed by atoms with Crippen LogP contribution in [0.5, 0.6) is 5.75 Å². The van der Waals surface area contributed by atoms with Crippen LogP contribution in [-0.2, 0) is 14.8 Å². The van der Waals surface area contributed by atoms with Gasteiger partial charge in [-0.1, -0.05) is 6.07 Å². The van der Waals surface area contributed by atoms with Crippen molar-refractivity contribution in [1.82, 2.24) is 9.62 Å². The van der Waals surface area contributed by atoms with Gasteiger partial charge in [-0.05, 0) is 62.2 Å². The number of likely N-dealkylation sites (N-methyl/N-ethyl adjacent to an activating group) is 1. The highest BCUT2D eigenvalue weighted by molar-refractivity contribution is 7.89. The predicted octanol–water partition coefficient (Wildman–Crippen LogP) is 2.24. The molecule has 0 bridgehead atoms. The van der Waals surface area contributed by atoms with Gasteiger partial charge in [0.1, 0.15) is 5.75 Å². The van der Waals surface area contributed by atoms with Gasteiger partial charge in [-0.2, -0.15) is 4.31 Å². The van der Waals surface area contributed by atoms with Crippen molar-refractivity contribution in [3.8, 4) is 5.75 Å². The third-order valence-electron chi connectivity index (χ3n) is 4.66. The van der Waals surface area contributed by atoms with E-state index in [0.29, 0.717) is 31.1 Å². The van der Waals surface area contributed by atoms with Gasteiger partial charge in [0, 0.05) is 30.9 Å². The molecule has 2 N–H and O–H groups in total. The van der Waals surface area contributed by atoms with Crippen molar-refractivity contribution in [2.45, 2.75) is 24.7 Å². The van der Waals surface area contributed by atoms with Crippen LogP contribution in [0.1, 0.15) is 30.1 Å². The first-order valence-electron chi connectivity index (χ1n) is 9.81. The molecule has 2 amide bonds. The van der Waals surface area contributed by atoms with Gasteiger partial charge in [-0.15, -0.1) is 0 Å². The minimum atomic E-state index is -3.59. The van der Waals surface area contributed by atoms with Crippen LogP contribution < -0.4 is 15.4 Å². The summed E-state index contributed by atoms with van der Waals surface area (Å²) in [5.74, 6) is -0.124. The van der Waals surface area contributed by atoms with Crippen LogP contribution in [0.2, 0.25) is 0 Å². The monoisotopic (exact) mass is 431 g/mol. The Hall–Kier alpha value is -2.91. The molecule has 8 nitrogen and oxygen atoms in total. The highest BCUT2D eigenvalue weighted by Gasteiger charge is 2.27. The molecule has 2 aromatic carbocycles. The molecule has 0 aliphatic carbocycles. The average Bonchev–Trinajstić information content (AvgIpc) is 3.29. The summed E-state index contributed by atoms with van der Waals surface area (Å²) in [6, 6.07) is 12.6. The van der Waals surface area contributed by atoms with Crippen LogP contribution in [0.4, 0.5) is 5.69 Å². The summed E-state index contributed by atoms with van der Waals surface area (Å²) in [6.07, 6.45) is 1.70. The number of carbonyl (C=O) groups excluding carboxylic acids is 2. The number of nitrogens with zero attached hydrogens (tertiary/aromatic N) is 1. The van der Waals surface area contributed by atoms with Gasteiger partial charge in [0.25, 0.3) is 11.8 Å². The van der Waals surface area contributed by atoms with E-state index in [0.717, 1.165) is 12.8 Å². The summed E-state index contributed by atoms with van der Waals surface area (Å²) >= 11 is 0. The zero-order valence-electron chi connectivity index (χ0n) is 16.8. The predicted molar refractivity (Wildman–Crippen MR) is 113 cm³/mol. The second-order valence-electron chi connectivity index (χ2n) is 6.86. The number of benzene rings is 2. The van der Waals surface area contributed by atoms with Crippen LogP contribution in [-0.4, -0.2) is 50.8 Å². The summed E-state index contributed by atoms with van der Waals surface area (Å²) in [5.41, 5.74) is 0.782. The number of carbonyl (C=O) groups is 2. The van der Waals surface area contributed by atoms with Gasteiger partial charge in [-0.25, -0.2) is 8.42 Å². The van der Waals surface area contributed by atoms with Crippen LogP contribution in [0.3, 0.4) is 0 Å². The molecule has 160 valence electrons. The minimum absolute atomic E-state index is 0.0855. The fourth-order valence-electron chi connectivity index (χ4n) is 3.11. The molecule has 30 heavy (non-hydrogen) atoms. The van der Waals surface area contributed by atoms with E-state index in [4.69, 9.17) is 4.74 Å². The second kappa shape index (κ2) is 9.73. The molecule has 0 aromatic heterocycles. The lowest BCUT2D eigenvalue weighted by molar-refractivity contribution is -0.122. The standard InChI is InChI=1S/C21H25N3O5S/c1-2-22-20(25)15-29-18-10-8-17(9-11-18)23-21(26)16-6-5-7-19(14-16)30(27,28)24-12-3-4-13-24/h5-11,14H,2-4,12-13,15H2,1H3,(H,22,25)(H,23,26). The lowest BCUT2D eigenvalue weighted by Gasteiger charge is -2.16. The lowest BCUT2D eigenvalue weighted by Crippen LogP contribution is -2.28. The maximum Gasteiger partial charge on any atom is 0.257 e. The maximum atomic E-state index is 12.7. The van der Waals surface area contributed by atoms with Crippen molar-refractivity contribution in [2.75, 3.05) is 31.6 Å². The van der Waals surface area contributed by atoms with Crippen molar-refractivity contribution < 1.29 is 22.7 Å². The Labute approximate surface area is 176 Å². The third-order valence-corrected chi connectivity index (χ3v) is 6.55. The molecule has 1 saturated heterocycles. The van der Waals surface area contributed by atoms with E-state index in [1.54, 1.807) is 36.4 Å². The van der Waals surface area contributed by atoms with Gasteiger partial charge in [0.15, 0.2) is 6.61 Å². The molecule has 1 aliphatic heterocycles. The zero-order valence-corrected chi connectivity index (χ0v) is 17.6. The number of sulfonamides is 1. The summed E-state index contributed by atoms with van der Waals surface area (Å²) in [7, 11) is -3.59.